The lowest BCUT2D eigenvalue weighted by molar-refractivity contribution is -0.137. The van der Waals surface area contributed by atoms with Gasteiger partial charge in [-0.2, -0.15) is 0 Å². The van der Waals surface area contributed by atoms with Crippen molar-refractivity contribution in [2.75, 3.05) is 19.9 Å². The van der Waals surface area contributed by atoms with Crippen LogP contribution in [0.15, 0.2) is 0 Å². The fraction of sp³-hybridized carbons (Fsp3) is 0.455. The van der Waals surface area contributed by atoms with E-state index in [4.69, 9.17) is 5.73 Å². The van der Waals surface area contributed by atoms with Gasteiger partial charge < -0.3 is 15.0 Å². The number of likely N-dealkylation sites (tertiary alicyclic amines) is 1. The van der Waals surface area contributed by atoms with Crippen LogP contribution in [0.4, 0.5) is 5.82 Å². The first-order chi connectivity index (χ1) is 8.88. The molecule has 8 heteroatoms. The predicted octanol–water partition coefficient (Wildman–Crippen LogP) is -0.510. The number of ether oxygens (including phenoxy) is 1. The normalized spacial score (nSPS) is 19.1. The van der Waals surface area contributed by atoms with E-state index in [1.807, 2.05) is 0 Å². The molecule has 2 N–H and O–H groups in total. The van der Waals surface area contributed by atoms with Crippen LogP contribution < -0.4 is 5.73 Å². The highest BCUT2D eigenvalue weighted by molar-refractivity contribution is 6.04. The molecule has 19 heavy (non-hydrogen) atoms. The Morgan fingerprint density at radius 1 is 1.47 bits per heavy atom. The number of hydrogen-bond donors (Lipinski definition) is 1. The monoisotopic (exact) mass is 266 g/mol. The van der Waals surface area contributed by atoms with E-state index in [2.05, 4.69) is 9.72 Å². The van der Waals surface area contributed by atoms with Gasteiger partial charge in [-0.05, 0) is 6.92 Å². The first kappa shape index (κ1) is 13.1. The molecule has 8 nitrogen and oxygen atoms in total. The Labute approximate surface area is 109 Å². The van der Waals surface area contributed by atoms with E-state index in [0.29, 0.717) is 5.82 Å². The maximum Gasteiger partial charge on any atom is 0.360 e. The van der Waals surface area contributed by atoms with Crippen LogP contribution in [-0.4, -0.2) is 46.4 Å². The number of aromatic nitrogens is 2. The molecule has 1 atom stereocenters. The third kappa shape index (κ3) is 1.85. The van der Waals surface area contributed by atoms with E-state index in [-0.39, 0.29) is 29.7 Å². The van der Waals surface area contributed by atoms with Crippen LogP contribution >= 0.6 is 0 Å². The summed E-state index contributed by atoms with van der Waals surface area (Å²) in [5, 5.41) is 0. The van der Waals surface area contributed by atoms with Gasteiger partial charge in [-0.15, -0.1) is 0 Å². The van der Waals surface area contributed by atoms with Gasteiger partial charge in [0, 0.05) is 7.05 Å². The summed E-state index contributed by atoms with van der Waals surface area (Å²) in [6, 6.07) is -0.747. The average Bonchev–Trinajstić information content (AvgIpc) is 2.80. The Morgan fingerprint density at radius 3 is 2.58 bits per heavy atom. The zero-order valence-corrected chi connectivity index (χ0v) is 10.8. The quantitative estimate of drug-likeness (QED) is 0.570. The molecule has 2 amide bonds. The van der Waals surface area contributed by atoms with Gasteiger partial charge in [0.1, 0.15) is 17.7 Å². The molecule has 102 valence electrons. The number of nitrogen functional groups attached to an aromatic ring is 1. The standard InChI is InChI=1S/C11H14N4O4/c1-5-13-8(11(18)19-3)9(12)15(5)6-4-7(16)14(2)10(6)17/h6H,4,12H2,1-3H3. The van der Waals surface area contributed by atoms with Crippen LogP contribution in [-0.2, 0) is 14.3 Å². The summed E-state index contributed by atoms with van der Waals surface area (Å²) >= 11 is 0. The molecule has 1 aromatic rings. The smallest absolute Gasteiger partial charge is 0.360 e. The molecule has 0 bridgehead atoms. The zero-order valence-electron chi connectivity index (χ0n) is 10.8. The summed E-state index contributed by atoms with van der Waals surface area (Å²) < 4.78 is 5.96. The molecule has 0 aromatic carbocycles. The molecular formula is C11H14N4O4. The number of likely N-dealkylation sites (N-methyl/N-ethyl adjacent to an activating group) is 1. The number of carbonyl (C=O) groups is 3. The van der Waals surface area contributed by atoms with Gasteiger partial charge in [-0.3, -0.25) is 14.5 Å². The SMILES string of the molecule is COC(=O)c1nc(C)n(C2CC(=O)N(C)C2=O)c1N. The van der Waals surface area contributed by atoms with Crippen molar-refractivity contribution in [1.29, 1.82) is 0 Å². The third-order valence-electron chi connectivity index (χ3n) is 3.17. The molecule has 1 aromatic heterocycles. The lowest BCUT2D eigenvalue weighted by Crippen LogP contribution is -2.27. The van der Waals surface area contributed by atoms with Crippen molar-refractivity contribution < 1.29 is 19.1 Å². The minimum Gasteiger partial charge on any atom is -0.464 e. The topological polar surface area (TPSA) is 108 Å². The largest absolute Gasteiger partial charge is 0.464 e. The molecule has 2 rings (SSSR count). The van der Waals surface area contributed by atoms with E-state index in [9.17, 15) is 14.4 Å². The fourth-order valence-corrected chi connectivity index (χ4v) is 2.14. The number of aryl methyl sites for hydroxylation is 1. The van der Waals surface area contributed by atoms with Crippen molar-refractivity contribution in [2.45, 2.75) is 19.4 Å². The van der Waals surface area contributed by atoms with Crippen LogP contribution in [0.3, 0.4) is 0 Å². The van der Waals surface area contributed by atoms with Gasteiger partial charge in [-0.25, -0.2) is 9.78 Å². The molecule has 1 aliphatic rings. The summed E-state index contributed by atoms with van der Waals surface area (Å²) in [6.45, 7) is 1.61. The predicted molar refractivity (Wildman–Crippen MR) is 64.1 cm³/mol. The Hall–Kier alpha value is -2.38. The second-order valence-electron chi connectivity index (χ2n) is 4.27. The van der Waals surface area contributed by atoms with Gasteiger partial charge in [0.15, 0.2) is 5.69 Å². The molecule has 0 spiro atoms. The van der Waals surface area contributed by atoms with Crippen LogP contribution in [0.5, 0.6) is 0 Å². The van der Waals surface area contributed by atoms with Gasteiger partial charge >= 0.3 is 5.97 Å². The van der Waals surface area contributed by atoms with Gasteiger partial charge in [-0.1, -0.05) is 0 Å². The summed E-state index contributed by atoms with van der Waals surface area (Å²) in [5.74, 6) is -0.912. The summed E-state index contributed by atoms with van der Waals surface area (Å²) in [7, 11) is 2.63. The van der Waals surface area contributed by atoms with Gasteiger partial charge in [0.05, 0.1) is 13.5 Å². The van der Waals surface area contributed by atoms with Crippen LogP contribution in [0, 0.1) is 6.92 Å². The van der Waals surface area contributed by atoms with Crippen molar-refractivity contribution >= 4 is 23.6 Å². The number of anilines is 1. The minimum absolute atomic E-state index is 0.0113. The van der Waals surface area contributed by atoms with E-state index in [1.54, 1.807) is 6.92 Å². The highest BCUT2D eigenvalue weighted by atomic mass is 16.5. The average molecular weight is 266 g/mol. The molecular weight excluding hydrogens is 252 g/mol. The number of imidazole rings is 1. The van der Waals surface area contributed by atoms with E-state index >= 15 is 0 Å². The second-order valence-corrected chi connectivity index (χ2v) is 4.27. The number of carbonyl (C=O) groups excluding carboxylic acids is 3. The lowest BCUT2D eigenvalue weighted by Gasteiger charge is -2.13. The van der Waals surface area contributed by atoms with Crippen molar-refractivity contribution in [3.8, 4) is 0 Å². The number of rotatable bonds is 2. The van der Waals surface area contributed by atoms with Crippen LogP contribution in [0.2, 0.25) is 0 Å². The first-order valence-electron chi connectivity index (χ1n) is 5.61. The highest BCUT2D eigenvalue weighted by Gasteiger charge is 2.39. The Bertz CT molecular complexity index is 577. The second kappa shape index (κ2) is 4.38. The molecule has 1 unspecified atom stereocenters. The Balaban J connectivity index is 2.47. The van der Waals surface area contributed by atoms with Crippen molar-refractivity contribution in [2.24, 2.45) is 0 Å². The Morgan fingerprint density at radius 2 is 2.11 bits per heavy atom. The number of nitrogens with zero attached hydrogens (tertiary/aromatic N) is 3. The molecule has 1 fully saturated rings. The third-order valence-corrected chi connectivity index (χ3v) is 3.17. The maximum absolute atomic E-state index is 12.0. The number of imide groups is 1. The number of hydrogen-bond acceptors (Lipinski definition) is 6. The van der Waals surface area contributed by atoms with Gasteiger partial charge in [0.25, 0.3) is 5.91 Å². The minimum atomic E-state index is -0.747. The zero-order chi connectivity index (χ0) is 14.3. The number of esters is 1. The van der Waals surface area contributed by atoms with Crippen LogP contribution in [0.25, 0.3) is 0 Å². The number of methoxy groups -OCH3 is 1. The first-order valence-corrected chi connectivity index (χ1v) is 5.61. The van der Waals surface area contributed by atoms with Crippen molar-refractivity contribution in [3.05, 3.63) is 11.5 Å². The van der Waals surface area contributed by atoms with Crippen molar-refractivity contribution in [1.82, 2.24) is 14.5 Å². The van der Waals surface area contributed by atoms with Gasteiger partial charge in [0.2, 0.25) is 5.91 Å². The fourth-order valence-electron chi connectivity index (χ4n) is 2.14. The lowest BCUT2D eigenvalue weighted by atomic mass is 10.2. The molecule has 1 saturated heterocycles. The highest BCUT2D eigenvalue weighted by Crippen LogP contribution is 2.29. The molecule has 2 heterocycles. The Kier molecular flexibility index (Phi) is 3.01. The van der Waals surface area contributed by atoms with E-state index < -0.39 is 12.0 Å². The van der Waals surface area contributed by atoms with E-state index in [0.717, 1.165) is 4.90 Å². The number of amides is 2. The molecule has 0 aliphatic carbocycles. The van der Waals surface area contributed by atoms with Crippen molar-refractivity contribution in [3.63, 3.8) is 0 Å². The molecule has 1 aliphatic heterocycles. The summed E-state index contributed by atoms with van der Waals surface area (Å²) in [4.78, 5) is 40.0. The number of nitrogens with two attached hydrogens (primary N) is 1. The molecule has 0 radical (unpaired) electrons. The van der Waals surface area contributed by atoms with E-state index in [1.165, 1.54) is 18.7 Å². The maximum atomic E-state index is 12.0. The van der Waals surface area contributed by atoms with Crippen LogP contribution in [0.1, 0.15) is 28.8 Å². The summed E-state index contributed by atoms with van der Waals surface area (Å²) in [6.07, 6.45) is 0.0113. The molecule has 0 saturated carbocycles. The summed E-state index contributed by atoms with van der Waals surface area (Å²) in [5.41, 5.74) is 5.78.